The second-order valence-electron chi connectivity index (χ2n) is 29.5. The number of imidazole rings is 1. The van der Waals surface area contributed by atoms with Crippen molar-refractivity contribution in [2.24, 2.45) is 65.1 Å². The smallest absolute Gasteiger partial charge is 0.229 e. The highest BCUT2D eigenvalue weighted by molar-refractivity contribution is 7.07. The standard InChI is InChI=1S/C6H10N2O.C4H4N2.C4H4O.11C4H10.C3H3N3.2C3H4N2.2C3H3NO.2C3H3NS.2C2H3N3.11C2H6/c1-4(2)6-7-5(3)8-9-6;1-2-4-6-5-3-1;1-2-4-5-3-1;11*1-4(2)3;1-2-5-6-3-4-1;1-2-5-3-4-1;1-2-4-5-3-1;1-2-5-3-4-1;1-2-4-5-3-1;1-2-5-3-4-1;1-2-4-5-3-1;1-3-2-5-4-1;1-2-4-5-3-1;11*1-2/h4H,1-3H3;1-4H;1-4H;11*4H,1-3H3;1-3H;2*1-3H,(H,4,5);4*1-3H;2*1-2H,(H,3,4,5);11*1-2H3. The molecule has 0 amide bonds. The molecule has 0 spiro atoms. The van der Waals surface area contributed by atoms with Crippen molar-refractivity contribution in [3.8, 4) is 0 Å². The van der Waals surface area contributed by atoms with Gasteiger partial charge >= 0.3 is 0 Å². The van der Waals surface area contributed by atoms with Gasteiger partial charge in [-0.2, -0.15) is 45.9 Å². The SMILES string of the molecule is CC.CC.CC.CC.CC.CC.CC.CC.CC.CC.CC.CC(C)C.CC(C)C.CC(C)C.CC(C)C.CC(C)C.CC(C)C.CC(C)C.CC(C)C.CC(C)C.CC(C)C.CC(C)C.Cc1noc(C(C)C)n1.c1c[nH]cn1.c1ccnnc1.c1ccoc1.c1cn[nH]c1.c1cn[nH]n1.c1cnncn1.c1cnoc1.c1cnsc1.c1cocn1.c1cscn1.c1nc[nH]n1. The van der Waals surface area contributed by atoms with Gasteiger partial charge in [0.25, 0.3) is 0 Å². The lowest BCUT2D eigenvalue weighted by molar-refractivity contribution is 0.362. The maximum Gasteiger partial charge on any atom is 0.229 e. The van der Waals surface area contributed by atoms with Crippen molar-refractivity contribution in [3.63, 3.8) is 0 Å². The Morgan fingerprint density at radius 3 is 0.811 bits per heavy atom. The molecule has 0 aliphatic heterocycles. The predicted octanol–water partition coefficient (Wildman–Crippen LogP) is 36.8. The minimum Gasteiger partial charge on any atom is -0.473 e. The third-order valence-corrected chi connectivity index (χ3v) is 6.26. The molecule has 0 aliphatic rings. The van der Waals surface area contributed by atoms with E-state index in [9.17, 15) is 0 Å². The zero-order valence-corrected chi connectivity index (χ0v) is 98.7. The highest BCUT2D eigenvalue weighted by atomic mass is 32.1. The summed E-state index contributed by atoms with van der Waals surface area (Å²) in [5, 5.41) is 46.4. The van der Waals surface area contributed by atoms with Gasteiger partial charge in [0, 0.05) is 72.4 Å². The number of hydrogen-bond acceptors (Lipinski definition) is 23. The van der Waals surface area contributed by atoms with Crippen LogP contribution in [0, 0.1) is 72.0 Å². The molecule has 4 N–H and O–H groups in total. The Bertz CT molecular complexity index is 2200. The number of rotatable bonds is 1. The van der Waals surface area contributed by atoms with E-state index in [1.807, 2.05) is 220 Å². The molecule has 0 fully saturated rings. The average molecular weight is 1910 g/mol. The number of furan rings is 1. The summed E-state index contributed by atoms with van der Waals surface area (Å²) in [6.45, 7) is 121. The lowest BCUT2D eigenvalue weighted by Gasteiger charge is -1.91. The summed E-state index contributed by atoms with van der Waals surface area (Å²) in [4.78, 5) is 24.9. The van der Waals surface area contributed by atoms with Gasteiger partial charge in [-0.1, -0.05) is 405 Å². The van der Waals surface area contributed by atoms with Crippen molar-refractivity contribution in [1.29, 1.82) is 0 Å². The molecule has 0 saturated carbocycles. The van der Waals surface area contributed by atoms with Crippen LogP contribution in [0.2, 0.25) is 0 Å². The number of aryl methyl sites for hydroxylation is 1. The lowest BCUT2D eigenvalue weighted by atomic mass is 10.2. The van der Waals surface area contributed by atoms with E-state index in [0.29, 0.717) is 17.6 Å². The molecule has 12 aromatic rings. The Balaban J connectivity index is -0.0000000476. The van der Waals surface area contributed by atoms with E-state index in [1.54, 1.807) is 122 Å². The number of oxazole rings is 1. The van der Waals surface area contributed by atoms with Gasteiger partial charge in [-0.15, -0.1) is 16.4 Å². The number of H-pyrrole nitrogens is 4. The topological polar surface area (TPSA) is 335 Å². The number of aromatic nitrogens is 21. The average Bonchev–Trinajstić information content (AvgIpc) is 1.78. The molecule has 25 nitrogen and oxygen atoms in total. The van der Waals surface area contributed by atoms with Crippen LogP contribution < -0.4 is 0 Å². The van der Waals surface area contributed by atoms with Crippen molar-refractivity contribution in [3.05, 3.63) is 214 Å². The van der Waals surface area contributed by atoms with E-state index in [0.717, 1.165) is 65.1 Å². The van der Waals surface area contributed by atoms with Crippen LogP contribution in [0.3, 0.4) is 0 Å². The molecular formula is C105H223N21O4S2. The molecule has 132 heavy (non-hydrogen) atoms. The molecular weight excluding hydrogens is 1680 g/mol. The summed E-state index contributed by atoms with van der Waals surface area (Å²) >= 11 is 3.06. The molecule has 12 heterocycles. The molecule has 0 bridgehead atoms. The van der Waals surface area contributed by atoms with Crippen LogP contribution in [0.25, 0.3) is 0 Å². The van der Waals surface area contributed by atoms with Crippen molar-refractivity contribution in [2.45, 2.75) is 407 Å². The molecule has 0 aromatic carbocycles. The van der Waals surface area contributed by atoms with Crippen molar-refractivity contribution in [2.75, 3.05) is 0 Å². The fraction of sp³-hybridized carbons (Fsp3) is 0.667. The summed E-state index contributed by atoms with van der Waals surface area (Å²) in [6, 6.07) is 12.8. The number of aromatic amines is 4. The monoisotopic (exact) mass is 1910 g/mol. The van der Waals surface area contributed by atoms with Gasteiger partial charge in [0.1, 0.15) is 31.5 Å². The third-order valence-electron chi connectivity index (χ3n) is 5.21. The van der Waals surface area contributed by atoms with Gasteiger partial charge in [0.2, 0.25) is 5.89 Å². The van der Waals surface area contributed by atoms with Crippen molar-refractivity contribution in [1.82, 2.24) is 106 Å². The van der Waals surface area contributed by atoms with Crippen molar-refractivity contribution < 1.29 is 17.9 Å². The van der Waals surface area contributed by atoms with E-state index >= 15 is 0 Å². The Labute approximate surface area is 828 Å². The molecule has 0 aliphatic carbocycles. The summed E-state index contributed by atoms with van der Waals surface area (Å²) in [5.74, 6) is 10.9. The van der Waals surface area contributed by atoms with E-state index in [4.69, 9.17) is 4.52 Å². The molecule has 12 rings (SSSR count). The van der Waals surface area contributed by atoms with Crippen LogP contribution in [-0.4, -0.2) is 106 Å². The Morgan fingerprint density at radius 1 is 0.295 bits per heavy atom. The van der Waals surface area contributed by atoms with E-state index in [2.05, 4.69) is 348 Å². The van der Waals surface area contributed by atoms with Crippen LogP contribution in [0.4, 0.5) is 0 Å². The van der Waals surface area contributed by atoms with Crippen molar-refractivity contribution >= 4 is 22.9 Å². The van der Waals surface area contributed by atoms with Gasteiger partial charge in [0.15, 0.2) is 12.2 Å². The van der Waals surface area contributed by atoms with Crippen LogP contribution >= 0.6 is 22.9 Å². The van der Waals surface area contributed by atoms with Gasteiger partial charge in [-0.25, -0.2) is 24.3 Å². The van der Waals surface area contributed by atoms with Gasteiger partial charge in [-0.3, -0.25) is 15.2 Å². The zero-order valence-electron chi connectivity index (χ0n) is 97.0. The number of hydrogen-bond donors (Lipinski definition) is 4. The second-order valence-corrected chi connectivity index (χ2v) is 30.9. The Hall–Kier alpha value is -9.11. The Kier molecular flexibility index (Phi) is 281. The molecule has 0 radical (unpaired) electrons. The zero-order chi connectivity index (χ0) is 109. The van der Waals surface area contributed by atoms with Gasteiger partial charge in [0.05, 0.1) is 55.3 Å². The lowest BCUT2D eigenvalue weighted by Crippen LogP contribution is -1.85. The maximum absolute atomic E-state index is 4.86. The molecule has 0 atom stereocenters. The van der Waals surface area contributed by atoms with E-state index in [1.165, 1.54) is 55.6 Å². The quantitative estimate of drug-likeness (QED) is 0.119. The molecule has 0 saturated heterocycles. The predicted molar refractivity (Wildman–Crippen MR) is 591 cm³/mol. The first-order chi connectivity index (χ1) is 62.8. The van der Waals surface area contributed by atoms with Crippen LogP contribution in [0.5, 0.6) is 0 Å². The highest BCUT2D eigenvalue weighted by Crippen LogP contribution is 2.09. The fourth-order valence-electron chi connectivity index (χ4n) is 2.70. The summed E-state index contributed by atoms with van der Waals surface area (Å²) in [6.07, 6.45) is 36.8. The molecule has 784 valence electrons. The number of nitrogens with zero attached hydrogens (tertiary/aromatic N) is 17. The highest BCUT2D eigenvalue weighted by Gasteiger charge is 2.05. The van der Waals surface area contributed by atoms with Crippen LogP contribution in [-0.2, 0) is 0 Å². The Morgan fingerprint density at radius 2 is 0.712 bits per heavy atom. The number of thiazole rings is 1. The van der Waals surface area contributed by atoms with Crippen LogP contribution in [0.1, 0.15) is 412 Å². The normalized spacial score (nSPS) is 7.68. The second kappa shape index (κ2) is 206. The summed E-state index contributed by atoms with van der Waals surface area (Å²) in [7, 11) is 0. The van der Waals surface area contributed by atoms with Crippen LogP contribution in [0.15, 0.2) is 220 Å². The summed E-state index contributed by atoms with van der Waals surface area (Å²) in [5.41, 5.74) is 1.79. The number of nitrogens with one attached hydrogen (secondary N) is 4. The first-order valence-electron chi connectivity index (χ1n) is 48.6. The molecule has 0 unspecified atom stereocenters. The van der Waals surface area contributed by atoms with Gasteiger partial charge < -0.3 is 22.9 Å². The first kappa shape index (κ1) is 179. The third kappa shape index (κ3) is 469. The molecule has 27 heteroatoms. The largest absolute Gasteiger partial charge is 0.473 e. The minimum absolute atomic E-state index is 0.339. The molecule has 12 aromatic heterocycles. The van der Waals surface area contributed by atoms with E-state index < -0.39 is 0 Å². The minimum atomic E-state index is 0.339. The van der Waals surface area contributed by atoms with Gasteiger partial charge in [-0.05, 0) is 126 Å². The van der Waals surface area contributed by atoms with E-state index in [-0.39, 0.29) is 0 Å². The first-order valence-corrected chi connectivity index (χ1v) is 50.4. The summed E-state index contributed by atoms with van der Waals surface area (Å²) < 4.78 is 22.0. The fourth-order valence-corrected chi connectivity index (χ4v) is 3.40. The maximum atomic E-state index is 4.86.